The highest BCUT2D eigenvalue weighted by atomic mass is 32.2. The Labute approximate surface area is 130 Å². The van der Waals surface area contributed by atoms with Crippen LogP contribution in [0.3, 0.4) is 0 Å². The monoisotopic (exact) mass is 320 g/mol. The molecule has 0 spiro atoms. The molecular formula is C15H16N2O2S2. The number of thiocarbonyl (C=S) groups is 1. The van der Waals surface area contributed by atoms with Crippen molar-refractivity contribution in [2.75, 3.05) is 4.72 Å². The van der Waals surface area contributed by atoms with Crippen LogP contribution in [0.4, 0.5) is 5.69 Å². The maximum atomic E-state index is 12.3. The van der Waals surface area contributed by atoms with E-state index in [0.29, 0.717) is 11.3 Å². The summed E-state index contributed by atoms with van der Waals surface area (Å²) in [6, 6.07) is 13.5. The third kappa shape index (κ3) is 3.80. The van der Waals surface area contributed by atoms with Gasteiger partial charge < -0.3 is 5.73 Å². The first-order valence-corrected chi connectivity index (χ1v) is 8.33. The Kier molecular flexibility index (Phi) is 4.59. The van der Waals surface area contributed by atoms with E-state index in [0.717, 1.165) is 12.0 Å². The van der Waals surface area contributed by atoms with Crippen molar-refractivity contribution in [3.8, 4) is 0 Å². The average molecular weight is 320 g/mol. The van der Waals surface area contributed by atoms with Gasteiger partial charge in [0, 0.05) is 11.3 Å². The van der Waals surface area contributed by atoms with Crippen molar-refractivity contribution in [3.05, 3.63) is 59.7 Å². The fourth-order valence-electron chi connectivity index (χ4n) is 1.84. The van der Waals surface area contributed by atoms with E-state index >= 15 is 0 Å². The number of nitrogens with one attached hydrogen (secondary N) is 1. The minimum atomic E-state index is -3.65. The lowest BCUT2D eigenvalue weighted by atomic mass is 10.2. The minimum absolute atomic E-state index is 0.132. The van der Waals surface area contributed by atoms with Gasteiger partial charge in [-0.3, -0.25) is 4.72 Å². The molecule has 2 aromatic carbocycles. The summed E-state index contributed by atoms with van der Waals surface area (Å²) in [5, 5.41) is 0. The fourth-order valence-corrected chi connectivity index (χ4v) is 3.07. The number of anilines is 1. The Balaban J connectivity index is 2.29. The molecule has 3 N–H and O–H groups in total. The molecule has 4 nitrogen and oxygen atoms in total. The van der Waals surface area contributed by atoms with E-state index in [1.807, 2.05) is 19.1 Å². The van der Waals surface area contributed by atoms with Gasteiger partial charge in [0.25, 0.3) is 10.0 Å². The summed E-state index contributed by atoms with van der Waals surface area (Å²) >= 11 is 4.86. The van der Waals surface area contributed by atoms with Crippen molar-refractivity contribution in [1.82, 2.24) is 0 Å². The molecule has 6 heteroatoms. The lowest BCUT2D eigenvalue weighted by molar-refractivity contribution is 0.601. The summed E-state index contributed by atoms with van der Waals surface area (Å²) < 4.78 is 27.2. The zero-order chi connectivity index (χ0) is 15.5. The van der Waals surface area contributed by atoms with Gasteiger partial charge in [-0.1, -0.05) is 43.4 Å². The highest BCUT2D eigenvalue weighted by Crippen LogP contribution is 2.18. The molecule has 0 radical (unpaired) electrons. The van der Waals surface area contributed by atoms with Crippen molar-refractivity contribution < 1.29 is 8.42 Å². The predicted octanol–water partition coefficient (Wildman–Crippen LogP) is 2.68. The van der Waals surface area contributed by atoms with Crippen LogP contribution in [0.5, 0.6) is 0 Å². The Bertz CT molecular complexity index is 753. The molecule has 0 heterocycles. The molecule has 0 saturated heterocycles. The van der Waals surface area contributed by atoms with Gasteiger partial charge >= 0.3 is 0 Å². The van der Waals surface area contributed by atoms with Crippen LogP contribution in [0.2, 0.25) is 0 Å². The lowest BCUT2D eigenvalue weighted by Crippen LogP contribution is -2.15. The second-order valence-corrected chi connectivity index (χ2v) is 6.67. The zero-order valence-electron chi connectivity index (χ0n) is 11.5. The van der Waals surface area contributed by atoms with E-state index < -0.39 is 10.0 Å². The summed E-state index contributed by atoms with van der Waals surface area (Å²) in [7, 11) is -3.65. The smallest absolute Gasteiger partial charge is 0.261 e. The summed E-state index contributed by atoms with van der Waals surface area (Å²) in [4.78, 5) is 0.298. The van der Waals surface area contributed by atoms with Crippen molar-refractivity contribution in [2.24, 2.45) is 5.73 Å². The first kappa shape index (κ1) is 15.5. The molecule has 0 aliphatic carbocycles. The van der Waals surface area contributed by atoms with E-state index in [9.17, 15) is 8.42 Å². The van der Waals surface area contributed by atoms with Crippen LogP contribution >= 0.6 is 12.2 Å². The Hall–Kier alpha value is -1.92. The van der Waals surface area contributed by atoms with E-state index in [-0.39, 0.29) is 9.88 Å². The normalized spacial score (nSPS) is 11.1. The molecule has 0 saturated carbocycles. The topological polar surface area (TPSA) is 72.2 Å². The first-order chi connectivity index (χ1) is 9.92. The molecule has 0 bridgehead atoms. The Morgan fingerprint density at radius 3 is 2.43 bits per heavy atom. The van der Waals surface area contributed by atoms with E-state index in [1.165, 1.54) is 12.1 Å². The molecule has 21 heavy (non-hydrogen) atoms. The van der Waals surface area contributed by atoms with Crippen LogP contribution in [0.15, 0.2) is 53.4 Å². The minimum Gasteiger partial charge on any atom is -0.389 e. The van der Waals surface area contributed by atoms with Crippen LogP contribution in [0.1, 0.15) is 18.1 Å². The van der Waals surface area contributed by atoms with Gasteiger partial charge in [-0.05, 0) is 36.2 Å². The van der Waals surface area contributed by atoms with Crippen LogP contribution in [-0.2, 0) is 16.4 Å². The quantitative estimate of drug-likeness (QED) is 0.831. The van der Waals surface area contributed by atoms with Crippen LogP contribution in [0.25, 0.3) is 0 Å². The third-order valence-electron chi connectivity index (χ3n) is 3.04. The molecule has 0 amide bonds. The highest BCUT2D eigenvalue weighted by Gasteiger charge is 2.15. The average Bonchev–Trinajstić information content (AvgIpc) is 2.48. The molecule has 0 atom stereocenters. The number of hydrogen-bond acceptors (Lipinski definition) is 3. The maximum Gasteiger partial charge on any atom is 0.261 e. The molecule has 0 aliphatic heterocycles. The number of hydrogen-bond donors (Lipinski definition) is 2. The number of benzene rings is 2. The SMILES string of the molecule is CCc1ccc(NS(=O)(=O)c2cccc(C(N)=S)c2)cc1. The van der Waals surface area contributed by atoms with Crippen molar-refractivity contribution >= 4 is 32.9 Å². The van der Waals surface area contributed by atoms with Crippen LogP contribution in [-0.4, -0.2) is 13.4 Å². The third-order valence-corrected chi connectivity index (χ3v) is 4.66. The summed E-state index contributed by atoms with van der Waals surface area (Å²) in [6.45, 7) is 2.04. The number of aryl methyl sites for hydroxylation is 1. The molecule has 0 fully saturated rings. The molecular weight excluding hydrogens is 304 g/mol. The van der Waals surface area contributed by atoms with E-state index in [2.05, 4.69) is 4.72 Å². The van der Waals surface area contributed by atoms with E-state index in [4.69, 9.17) is 18.0 Å². The van der Waals surface area contributed by atoms with Gasteiger partial charge in [0.2, 0.25) is 0 Å². The Morgan fingerprint density at radius 2 is 1.86 bits per heavy atom. The predicted molar refractivity (Wildman–Crippen MR) is 89.0 cm³/mol. The summed E-state index contributed by atoms with van der Waals surface area (Å²) in [5.74, 6) is 0. The first-order valence-electron chi connectivity index (χ1n) is 6.44. The van der Waals surface area contributed by atoms with Gasteiger partial charge in [-0.25, -0.2) is 8.42 Å². The van der Waals surface area contributed by atoms with Gasteiger partial charge in [-0.15, -0.1) is 0 Å². The zero-order valence-corrected chi connectivity index (χ0v) is 13.2. The van der Waals surface area contributed by atoms with Crippen LogP contribution in [0, 0.1) is 0 Å². The lowest BCUT2D eigenvalue weighted by Gasteiger charge is -2.09. The molecule has 2 aromatic rings. The summed E-state index contributed by atoms with van der Waals surface area (Å²) in [5.41, 5.74) is 7.72. The second kappa shape index (κ2) is 6.24. The fraction of sp³-hybridized carbons (Fsp3) is 0.133. The maximum absolute atomic E-state index is 12.3. The number of nitrogens with two attached hydrogens (primary N) is 1. The van der Waals surface area contributed by atoms with E-state index in [1.54, 1.807) is 24.3 Å². The molecule has 110 valence electrons. The highest BCUT2D eigenvalue weighted by molar-refractivity contribution is 7.92. The largest absolute Gasteiger partial charge is 0.389 e. The Morgan fingerprint density at radius 1 is 1.19 bits per heavy atom. The van der Waals surface area contributed by atoms with Gasteiger partial charge in [0.15, 0.2) is 0 Å². The van der Waals surface area contributed by atoms with Gasteiger partial charge in [0.1, 0.15) is 4.99 Å². The molecule has 0 aromatic heterocycles. The van der Waals surface area contributed by atoms with Gasteiger partial charge in [0.05, 0.1) is 4.90 Å². The van der Waals surface area contributed by atoms with Crippen molar-refractivity contribution in [2.45, 2.75) is 18.2 Å². The van der Waals surface area contributed by atoms with Crippen molar-refractivity contribution in [3.63, 3.8) is 0 Å². The second-order valence-electron chi connectivity index (χ2n) is 4.55. The number of sulfonamides is 1. The van der Waals surface area contributed by atoms with Crippen LogP contribution < -0.4 is 10.5 Å². The van der Waals surface area contributed by atoms with Crippen molar-refractivity contribution in [1.29, 1.82) is 0 Å². The standard InChI is InChI=1S/C15H16N2O2S2/c1-2-11-6-8-13(9-7-11)17-21(18,19)14-5-3-4-12(10-14)15(16)20/h3-10,17H,2H2,1H3,(H2,16,20). The number of rotatable bonds is 5. The molecule has 0 aliphatic rings. The summed E-state index contributed by atoms with van der Waals surface area (Å²) in [6.07, 6.45) is 0.906. The van der Waals surface area contributed by atoms with Gasteiger partial charge in [-0.2, -0.15) is 0 Å². The molecule has 0 unspecified atom stereocenters. The molecule has 2 rings (SSSR count).